The minimum atomic E-state index is -4.23. The molecule has 23 heavy (non-hydrogen) atoms. The number of benzene rings is 1. The van der Waals surface area contributed by atoms with Gasteiger partial charge in [0.25, 0.3) is 10.1 Å². The number of carbonyl (C=O) groups excluding carboxylic acids is 1. The van der Waals surface area contributed by atoms with Gasteiger partial charge in [0.1, 0.15) is 0 Å². The first kappa shape index (κ1) is 17.8. The molecule has 0 bridgehead atoms. The van der Waals surface area contributed by atoms with Crippen LogP contribution in [-0.4, -0.2) is 18.8 Å². The number of hydrogen-bond acceptors (Lipinski definition) is 4. The third-order valence-corrected chi connectivity index (χ3v) is 5.98. The average Bonchev–Trinajstić information content (AvgIpc) is 2.92. The molecule has 0 aliphatic carbocycles. The Bertz CT molecular complexity index is 819. The predicted octanol–water partition coefficient (Wildman–Crippen LogP) is 4.24. The Morgan fingerprint density at radius 1 is 1.26 bits per heavy atom. The SMILES string of the molecule is CC(=O)c1ccc(CCC(C)c2cc(C)ccc2S(=O)(=O)O)s1. The number of ketones is 1. The maximum Gasteiger partial charge on any atom is 0.294 e. The Morgan fingerprint density at radius 3 is 2.52 bits per heavy atom. The first-order valence-corrected chi connectivity index (χ1v) is 9.62. The zero-order chi connectivity index (χ0) is 17.2. The minimum Gasteiger partial charge on any atom is -0.294 e. The van der Waals surface area contributed by atoms with Gasteiger partial charge in [-0.05, 0) is 56.4 Å². The summed E-state index contributed by atoms with van der Waals surface area (Å²) in [5, 5.41) is 0. The second-order valence-corrected chi connectivity index (χ2v) is 8.34. The van der Waals surface area contributed by atoms with Crippen LogP contribution >= 0.6 is 11.3 Å². The molecule has 1 aromatic carbocycles. The third kappa shape index (κ3) is 4.50. The van der Waals surface area contributed by atoms with Gasteiger partial charge in [0.05, 0.1) is 9.77 Å². The van der Waals surface area contributed by atoms with E-state index in [1.165, 1.54) is 17.4 Å². The van der Waals surface area contributed by atoms with Crippen LogP contribution in [0, 0.1) is 6.92 Å². The van der Waals surface area contributed by atoms with Crippen LogP contribution in [0.3, 0.4) is 0 Å². The van der Waals surface area contributed by atoms with Crippen molar-refractivity contribution < 1.29 is 17.8 Å². The smallest absolute Gasteiger partial charge is 0.294 e. The molecule has 2 aromatic rings. The number of aryl methyl sites for hydroxylation is 2. The fraction of sp³-hybridized carbons (Fsp3) is 0.353. The van der Waals surface area contributed by atoms with E-state index >= 15 is 0 Å². The fourth-order valence-electron chi connectivity index (χ4n) is 2.50. The topological polar surface area (TPSA) is 71.4 Å². The Hall–Kier alpha value is -1.50. The molecule has 1 heterocycles. The molecule has 0 aliphatic heterocycles. The molecule has 0 amide bonds. The van der Waals surface area contributed by atoms with Gasteiger partial charge in [-0.25, -0.2) is 0 Å². The summed E-state index contributed by atoms with van der Waals surface area (Å²) in [6.45, 7) is 5.38. The van der Waals surface area contributed by atoms with Crippen LogP contribution < -0.4 is 0 Å². The molecule has 1 atom stereocenters. The molecule has 0 aliphatic rings. The van der Waals surface area contributed by atoms with Crippen molar-refractivity contribution in [3.8, 4) is 0 Å². The molecular weight excluding hydrogens is 332 g/mol. The van der Waals surface area contributed by atoms with Gasteiger partial charge in [0.15, 0.2) is 5.78 Å². The molecule has 1 unspecified atom stereocenters. The first-order valence-electron chi connectivity index (χ1n) is 7.36. The van der Waals surface area contributed by atoms with Crippen molar-refractivity contribution in [1.29, 1.82) is 0 Å². The monoisotopic (exact) mass is 352 g/mol. The summed E-state index contributed by atoms with van der Waals surface area (Å²) in [6, 6.07) is 8.70. The highest BCUT2D eigenvalue weighted by Crippen LogP contribution is 2.29. The van der Waals surface area contributed by atoms with Gasteiger partial charge < -0.3 is 0 Å². The molecule has 0 saturated carbocycles. The lowest BCUT2D eigenvalue weighted by atomic mass is 9.94. The van der Waals surface area contributed by atoms with Crippen molar-refractivity contribution in [2.45, 2.75) is 44.4 Å². The molecule has 6 heteroatoms. The van der Waals surface area contributed by atoms with Gasteiger partial charge in [0, 0.05) is 4.88 Å². The van der Waals surface area contributed by atoms with Crippen LogP contribution in [0.2, 0.25) is 0 Å². The van der Waals surface area contributed by atoms with Crippen LogP contribution in [0.4, 0.5) is 0 Å². The molecule has 0 saturated heterocycles. The van der Waals surface area contributed by atoms with Crippen LogP contribution in [0.25, 0.3) is 0 Å². The fourth-order valence-corrected chi connectivity index (χ4v) is 4.22. The number of thiophene rings is 1. The summed E-state index contributed by atoms with van der Waals surface area (Å²) in [5.74, 6) is 0.0383. The van der Waals surface area contributed by atoms with Crippen molar-refractivity contribution in [3.05, 3.63) is 51.2 Å². The predicted molar refractivity (Wildman–Crippen MR) is 92.1 cm³/mol. The molecular formula is C17H20O4S2. The van der Waals surface area contributed by atoms with E-state index in [-0.39, 0.29) is 16.6 Å². The molecule has 124 valence electrons. The van der Waals surface area contributed by atoms with E-state index < -0.39 is 10.1 Å². The quantitative estimate of drug-likeness (QED) is 0.623. The van der Waals surface area contributed by atoms with E-state index in [4.69, 9.17) is 0 Å². The number of hydrogen-bond donors (Lipinski definition) is 1. The zero-order valence-electron chi connectivity index (χ0n) is 13.4. The summed E-state index contributed by atoms with van der Waals surface area (Å²) in [5.41, 5.74) is 1.59. The lowest BCUT2D eigenvalue weighted by Gasteiger charge is -2.15. The molecule has 1 N–H and O–H groups in total. The molecule has 0 spiro atoms. The second-order valence-electron chi connectivity index (χ2n) is 5.78. The van der Waals surface area contributed by atoms with E-state index in [1.54, 1.807) is 13.0 Å². The van der Waals surface area contributed by atoms with E-state index in [0.29, 0.717) is 5.56 Å². The van der Waals surface area contributed by atoms with Crippen molar-refractivity contribution in [2.75, 3.05) is 0 Å². The second kappa shape index (κ2) is 6.95. The zero-order valence-corrected chi connectivity index (χ0v) is 15.0. The number of carbonyl (C=O) groups is 1. The van der Waals surface area contributed by atoms with Gasteiger partial charge >= 0.3 is 0 Å². The Kier molecular flexibility index (Phi) is 5.39. The number of rotatable bonds is 6. The molecule has 4 nitrogen and oxygen atoms in total. The van der Waals surface area contributed by atoms with E-state index in [2.05, 4.69) is 0 Å². The van der Waals surface area contributed by atoms with Gasteiger partial charge in [0.2, 0.25) is 0 Å². The van der Waals surface area contributed by atoms with Crippen LogP contribution in [0.1, 0.15) is 51.9 Å². The van der Waals surface area contributed by atoms with Crippen molar-refractivity contribution in [3.63, 3.8) is 0 Å². The summed E-state index contributed by atoms with van der Waals surface area (Å²) in [7, 11) is -4.23. The van der Waals surface area contributed by atoms with Crippen LogP contribution in [0.5, 0.6) is 0 Å². The van der Waals surface area contributed by atoms with Gasteiger partial charge in [-0.3, -0.25) is 9.35 Å². The van der Waals surface area contributed by atoms with Gasteiger partial charge in [-0.15, -0.1) is 11.3 Å². The Labute approximate surface area is 140 Å². The van der Waals surface area contributed by atoms with E-state index in [0.717, 1.165) is 28.2 Å². The lowest BCUT2D eigenvalue weighted by Crippen LogP contribution is -2.07. The highest BCUT2D eigenvalue weighted by Gasteiger charge is 2.19. The maximum absolute atomic E-state index is 11.5. The standard InChI is InChI=1S/C17H20O4S2/c1-11-4-9-17(23(19,20)21)15(10-11)12(2)5-6-14-7-8-16(22-14)13(3)18/h4,7-10,12H,5-6H2,1-3H3,(H,19,20,21). The number of Topliss-reactive ketones (excluding diaryl/α,β-unsaturated/α-hetero) is 1. The summed E-state index contributed by atoms with van der Waals surface area (Å²) < 4.78 is 32.5. The van der Waals surface area contributed by atoms with E-state index in [9.17, 15) is 17.8 Å². The first-order chi connectivity index (χ1) is 10.7. The molecule has 1 aromatic heterocycles. The Morgan fingerprint density at radius 2 is 1.96 bits per heavy atom. The summed E-state index contributed by atoms with van der Waals surface area (Å²) in [4.78, 5) is 13.1. The maximum atomic E-state index is 11.5. The average molecular weight is 352 g/mol. The molecule has 2 rings (SSSR count). The van der Waals surface area contributed by atoms with Gasteiger partial charge in [-0.2, -0.15) is 8.42 Å². The summed E-state index contributed by atoms with van der Waals surface area (Å²) in [6.07, 6.45) is 1.50. The Balaban J connectivity index is 2.18. The highest BCUT2D eigenvalue weighted by atomic mass is 32.2. The molecule has 0 radical (unpaired) electrons. The van der Waals surface area contributed by atoms with Crippen molar-refractivity contribution >= 4 is 27.2 Å². The summed E-state index contributed by atoms with van der Waals surface area (Å²) >= 11 is 1.47. The highest BCUT2D eigenvalue weighted by molar-refractivity contribution is 7.85. The third-order valence-electron chi connectivity index (χ3n) is 3.81. The lowest BCUT2D eigenvalue weighted by molar-refractivity contribution is 0.102. The van der Waals surface area contributed by atoms with E-state index in [1.807, 2.05) is 32.0 Å². The van der Waals surface area contributed by atoms with Gasteiger partial charge in [-0.1, -0.05) is 24.6 Å². The normalized spacial score (nSPS) is 13.0. The molecule has 0 fully saturated rings. The van der Waals surface area contributed by atoms with Crippen LogP contribution in [0.15, 0.2) is 35.2 Å². The van der Waals surface area contributed by atoms with Crippen molar-refractivity contribution in [2.24, 2.45) is 0 Å². The van der Waals surface area contributed by atoms with Crippen molar-refractivity contribution in [1.82, 2.24) is 0 Å². The largest absolute Gasteiger partial charge is 0.294 e. The minimum absolute atomic E-state index is 0.0188. The van der Waals surface area contributed by atoms with Crippen LogP contribution in [-0.2, 0) is 16.5 Å².